The van der Waals surface area contributed by atoms with Crippen LogP contribution in [0.2, 0.25) is 0 Å². The number of Topliss-reactive ketones (excluding diaryl/α,β-unsaturated/α-hetero) is 1. The number of hydrogen-bond donors (Lipinski definition) is 7. The van der Waals surface area contributed by atoms with Crippen LogP contribution in [0.4, 0.5) is 0 Å². The summed E-state index contributed by atoms with van der Waals surface area (Å²) in [5, 5.41) is 76.1. The molecule has 0 aromatic carbocycles. The smallest absolute Gasteiger partial charge is 0.337 e. The maximum Gasteiger partial charge on any atom is 0.337 e. The SMILES string of the molecule is COC(=O)[C@H]1O[C@@H](O[C@H]2CC[C@]3(C)[C@H]4CC=C5[C@@H]6CC(C)(C)CC[C@]6(C)C(=O)[C@H](O)[C@@]5(C)[C@]4(C)CC[C@H]3C2(C)C)[C@H](O)[C@@H](O[C@@H]2O[C@H](CO)[C@@H](O)[C@H](O)[C@H]2O)[C@@H]1O. The molecule has 14 nitrogen and oxygen atoms in total. The molecule has 5 aliphatic carbocycles. The third-order valence-electron chi connectivity index (χ3n) is 17.3. The molecule has 6 fully saturated rings. The van der Waals surface area contributed by atoms with Crippen LogP contribution in [0.3, 0.4) is 0 Å². The largest absolute Gasteiger partial charge is 0.467 e. The molecular weight excluding hydrogens is 740 g/mol. The number of hydrogen-bond acceptors (Lipinski definition) is 14. The van der Waals surface area contributed by atoms with E-state index in [1.54, 1.807) is 0 Å². The van der Waals surface area contributed by atoms with Crippen LogP contribution >= 0.6 is 0 Å². The second kappa shape index (κ2) is 14.5. The summed E-state index contributed by atoms with van der Waals surface area (Å²) in [7, 11) is 1.12. The van der Waals surface area contributed by atoms with E-state index < -0.39 is 102 Å². The molecule has 0 aromatic heterocycles. The summed E-state index contributed by atoms with van der Waals surface area (Å²) in [6, 6.07) is 0. The molecule has 7 rings (SSSR count). The molecule has 7 aliphatic rings. The molecule has 0 unspecified atom stereocenters. The monoisotopic (exact) mass is 808 g/mol. The van der Waals surface area contributed by atoms with Crippen molar-refractivity contribution < 1.29 is 69.0 Å². The van der Waals surface area contributed by atoms with E-state index in [-0.39, 0.29) is 39.8 Å². The number of esters is 1. The molecule has 0 spiro atoms. The van der Waals surface area contributed by atoms with Gasteiger partial charge in [0.1, 0.15) is 48.8 Å². The van der Waals surface area contributed by atoms with Gasteiger partial charge < -0.3 is 59.4 Å². The van der Waals surface area contributed by atoms with Gasteiger partial charge in [-0.1, -0.05) is 67.0 Å². The Balaban J connectivity index is 1.15. The van der Waals surface area contributed by atoms with Gasteiger partial charge in [-0.2, -0.15) is 0 Å². The van der Waals surface area contributed by atoms with Gasteiger partial charge in [0, 0.05) is 10.8 Å². The lowest BCUT2D eigenvalue weighted by Crippen LogP contribution is -2.70. The van der Waals surface area contributed by atoms with Crippen LogP contribution in [0.25, 0.3) is 0 Å². The summed E-state index contributed by atoms with van der Waals surface area (Å²) in [5.41, 5.74) is -0.971. The Hall–Kier alpha value is -1.56. The average molecular weight is 809 g/mol. The minimum Gasteiger partial charge on any atom is -0.467 e. The first-order chi connectivity index (χ1) is 26.4. The van der Waals surface area contributed by atoms with Crippen molar-refractivity contribution in [3.05, 3.63) is 11.6 Å². The molecule has 324 valence electrons. The second-order valence-corrected chi connectivity index (χ2v) is 21.0. The number of carbonyl (C=O) groups excluding carboxylic acids is 2. The topological polar surface area (TPSA) is 222 Å². The van der Waals surface area contributed by atoms with Gasteiger partial charge in [-0.3, -0.25) is 4.79 Å². The third kappa shape index (κ3) is 6.28. The van der Waals surface area contributed by atoms with Gasteiger partial charge in [0.05, 0.1) is 19.8 Å². The van der Waals surface area contributed by atoms with Crippen LogP contribution in [0.15, 0.2) is 11.6 Å². The van der Waals surface area contributed by atoms with Gasteiger partial charge in [-0.15, -0.1) is 0 Å². The molecule has 2 heterocycles. The van der Waals surface area contributed by atoms with Crippen molar-refractivity contribution in [2.24, 2.45) is 50.2 Å². The lowest BCUT2D eigenvalue weighted by molar-refractivity contribution is -0.365. The molecular formula is C43H68O14. The highest BCUT2D eigenvalue weighted by Gasteiger charge is 2.72. The highest BCUT2D eigenvalue weighted by Crippen LogP contribution is 2.75. The molecule has 14 heteroatoms. The third-order valence-corrected chi connectivity index (χ3v) is 17.3. The van der Waals surface area contributed by atoms with Crippen molar-refractivity contribution in [3.63, 3.8) is 0 Å². The van der Waals surface area contributed by atoms with Gasteiger partial charge in [0.2, 0.25) is 0 Å². The predicted molar refractivity (Wildman–Crippen MR) is 203 cm³/mol. The Morgan fingerprint density at radius 2 is 1.46 bits per heavy atom. The molecule has 7 N–H and O–H groups in total. The van der Waals surface area contributed by atoms with Crippen LogP contribution in [0, 0.1) is 50.2 Å². The highest BCUT2D eigenvalue weighted by molar-refractivity contribution is 5.92. The Labute approximate surface area is 336 Å². The maximum atomic E-state index is 14.4. The molecule has 57 heavy (non-hydrogen) atoms. The molecule has 19 atom stereocenters. The van der Waals surface area contributed by atoms with Crippen molar-refractivity contribution in [3.8, 4) is 0 Å². The number of fused-ring (bicyclic) bond motifs is 7. The lowest BCUT2D eigenvalue weighted by Gasteiger charge is -2.71. The first kappa shape index (κ1) is 43.5. The number of aliphatic hydroxyl groups is 7. The Morgan fingerprint density at radius 1 is 0.789 bits per heavy atom. The van der Waals surface area contributed by atoms with Gasteiger partial charge in [0.25, 0.3) is 0 Å². The lowest BCUT2D eigenvalue weighted by atomic mass is 9.33. The average Bonchev–Trinajstić information content (AvgIpc) is 3.15. The van der Waals surface area contributed by atoms with E-state index in [1.807, 2.05) is 0 Å². The Kier molecular flexibility index (Phi) is 11.1. The fourth-order valence-electron chi connectivity index (χ4n) is 13.6. The molecule has 2 aliphatic heterocycles. The maximum absolute atomic E-state index is 14.4. The summed E-state index contributed by atoms with van der Waals surface area (Å²) in [5.74, 6) is -0.586. The van der Waals surface area contributed by atoms with E-state index in [1.165, 1.54) is 5.57 Å². The van der Waals surface area contributed by atoms with Crippen LogP contribution in [0.5, 0.6) is 0 Å². The van der Waals surface area contributed by atoms with Crippen molar-refractivity contribution in [2.45, 2.75) is 180 Å². The quantitative estimate of drug-likeness (QED) is 0.116. The first-order valence-corrected chi connectivity index (χ1v) is 21.1. The second-order valence-electron chi connectivity index (χ2n) is 21.0. The fraction of sp³-hybridized carbons (Fsp3) is 0.907. The van der Waals surface area contributed by atoms with E-state index >= 15 is 0 Å². The zero-order chi connectivity index (χ0) is 42.0. The first-order valence-electron chi connectivity index (χ1n) is 21.1. The summed E-state index contributed by atoms with van der Waals surface area (Å²) in [4.78, 5) is 27.3. The predicted octanol–water partition coefficient (Wildman–Crippen LogP) is 2.15. The van der Waals surface area contributed by atoms with Crippen LogP contribution in [-0.4, -0.2) is 135 Å². The van der Waals surface area contributed by atoms with E-state index in [0.29, 0.717) is 6.42 Å². The van der Waals surface area contributed by atoms with Crippen LogP contribution < -0.4 is 0 Å². The molecule has 0 aromatic rings. The zero-order valence-corrected chi connectivity index (χ0v) is 35.1. The van der Waals surface area contributed by atoms with E-state index in [0.717, 1.165) is 52.1 Å². The zero-order valence-electron chi connectivity index (χ0n) is 35.1. The summed E-state index contributed by atoms with van der Waals surface area (Å²) in [6.45, 7) is 17.1. The Morgan fingerprint density at radius 3 is 2.11 bits per heavy atom. The molecule has 4 saturated carbocycles. The van der Waals surface area contributed by atoms with E-state index in [9.17, 15) is 45.3 Å². The minimum atomic E-state index is -1.83. The van der Waals surface area contributed by atoms with Gasteiger partial charge in [-0.25, -0.2) is 4.79 Å². The molecule has 0 amide bonds. The van der Waals surface area contributed by atoms with Crippen LogP contribution in [-0.2, 0) is 33.3 Å². The fourth-order valence-corrected chi connectivity index (χ4v) is 13.6. The minimum absolute atomic E-state index is 0.00974. The van der Waals surface area contributed by atoms with E-state index in [2.05, 4.69) is 61.5 Å². The Bertz CT molecular complexity index is 1600. The van der Waals surface area contributed by atoms with Gasteiger partial charge in [0.15, 0.2) is 24.5 Å². The number of ketones is 1. The number of ether oxygens (including phenoxy) is 5. The summed E-state index contributed by atoms with van der Waals surface area (Å²) >= 11 is 0. The normalized spacial score (nSPS) is 53.0. The van der Waals surface area contributed by atoms with Gasteiger partial charge >= 0.3 is 5.97 Å². The summed E-state index contributed by atoms with van der Waals surface area (Å²) < 4.78 is 28.8. The highest BCUT2D eigenvalue weighted by atomic mass is 16.7. The van der Waals surface area contributed by atoms with Crippen molar-refractivity contribution in [2.75, 3.05) is 13.7 Å². The summed E-state index contributed by atoms with van der Waals surface area (Å²) in [6.07, 6.45) is -9.34. The molecule has 2 saturated heterocycles. The van der Waals surface area contributed by atoms with Gasteiger partial charge in [-0.05, 0) is 90.8 Å². The number of allylic oxidation sites excluding steroid dienone is 1. The van der Waals surface area contributed by atoms with Crippen LogP contribution in [0.1, 0.15) is 107 Å². The van der Waals surface area contributed by atoms with Crippen molar-refractivity contribution in [1.82, 2.24) is 0 Å². The van der Waals surface area contributed by atoms with Crippen molar-refractivity contribution in [1.29, 1.82) is 0 Å². The standard InChI is InChI=1S/C43H68O14/c1-38(2)16-17-40(5)21(18-38)20-10-11-24-41(6)14-13-25(39(3,4)23(41)12-15-42(24,7)43(20,8)34(51)33(40)50)55-37-30(49)31(29(48)32(57-37)35(52)53-9)56-36-28(47)27(46)26(45)22(19-44)54-36/h10,21-32,34,36-37,44-49,51H,11-19H2,1-9H3/t21-,22+,23-,24+,25-,26+,27-,28+,29-,30+,31-,32-,34-,36-,37+,40-,41-,42+,43-/m0/s1. The molecule has 0 radical (unpaired) electrons. The number of carbonyl (C=O) groups is 2. The molecule has 0 bridgehead atoms. The van der Waals surface area contributed by atoms with E-state index in [4.69, 9.17) is 23.7 Å². The number of aliphatic hydroxyl groups excluding tert-OH is 7. The number of rotatable bonds is 6. The number of methoxy groups -OCH3 is 1. The van der Waals surface area contributed by atoms with Crippen molar-refractivity contribution >= 4 is 11.8 Å².